The summed E-state index contributed by atoms with van der Waals surface area (Å²) in [6, 6.07) is 0. The van der Waals surface area contributed by atoms with Crippen LogP contribution >= 0.6 is 0 Å². The molecule has 2 rings (SSSR count). The fourth-order valence-corrected chi connectivity index (χ4v) is 3.16. The Morgan fingerprint density at radius 2 is 1.94 bits per heavy atom. The van der Waals surface area contributed by atoms with Crippen LogP contribution in [0, 0.1) is 5.41 Å². The molecule has 1 heterocycles. The number of aliphatic hydroxyl groups excluding tert-OH is 1. The number of nitrogens with one attached hydrogen (secondary N) is 1. The van der Waals surface area contributed by atoms with E-state index in [1.54, 1.807) is 0 Å². The number of β-amino-alcohol motifs (C(OH)–C–C–N with tert-alkyl or cyclic N) is 1. The fourth-order valence-electron chi connectivity index (χ4n) is 3.16. The summed E-state index contributed by atoms with van der Waals surface area (Å²) in [5.74, 6) is 0. The van der Waals surface area contributed by atoms with Crippen molar-refractivity contribution in [2.75, 3.05) is 32.7 Å². The summed E-state index contributed by atoms with van der Waals surface area (Å²) in [6.07, 6.45) is 7.84. The van der Waals surface area contributed by atoms with Crippen LogP contribution in [0.2, 0.25) is 0 Å². The van der Waals surface area contributed by atoms with Crippen LogP contribution in [0.3, 0.4) is 0 Å². The van der Waals surface area contributed by atoms with E-state index in [1.807, 2.05) is 0 Å². The van der Waals surface area contributed by atoms with Gasteiger partial charge in [0.25, 0.3) is 0 Å². The molecule has 0 aromatic heterocycles. The zero-order valence-electron chi connectivity index (χ0n) is 11.2. The second-order valence-electron chi connectivity index (χ2n) is 6.00. The summed E-state index contributed by atoms with van der Waals surface area (Å²) < 4.78 is 0. The van der Waals surface area contributed by atoms with Gasteiger partial charge in [-0.05, 0) is 50.6 Å². The molecule has 0 bridgehead atoms. The summed E-state index contributed by atoms with van der Waals surface area (Å²) in [5.41, 5.74) is 0.563. The molecule has 3 heteroatoms. The first-order valence-electron chi connectivity index (χ1n) is 7.35. The van der Waals surface area contributed by atoms with E-state index in [0.29, 0.717) is 5.41 Å². The summed E-state index contributed by atoms with van der Waals surface area (Å²) >= 11 is 0. The third-order valence-corrected chi connectivity index (χ3v) is 4.71. The molecule has 0 radical (unpaired) electrons. The first kappa shape index (κ1) is 13.3. The van der Waals surface area contributed by atoms with Gasteiger partial charge >= 0.3 is 0 Å². The molecule has 0 amide bonds. The monoisotopic (exact) mass is 240 g/mol. The Balaban J connectivity index is 1.57. The molecule has 0 aromatic carbocycles. The number of rotatable bonds is 7. The molecule has 2 N–H and O–H groups in total. The zero-order chi connectivity index (χ0) is 12.1. The number of likely N-dealkylation sites (tertiary alicyclic amines) is 1. The molecule has 100 valence electrons. The van der Waals surface area contributed by atoms with Gasteiger partial charge in [0.2, 0.25) is 0 Å². The Bertz CT molecular complexity index is 217. The quantitative estimate of drug-likeness (QED) is 0.710. The molecule has 1 atom stereocenters. The second-order valence-corrected chi connectivity index (χ2v) is 6.00. The molecule has 2 fully saturated rings. The standard InChI is InChI=1S/C14H28N2O/c1-2-14(6-5-7-14)12-15-10-13(17)11-16-8-3-4-9-16/h13,15,17H,2-12H2,1H3. The average molecular weight is 240 g/mol. The van der Waals surface area contributed by atoms with E-state index in [1.165, 1.54) is 51.6 Å². The van der Waals surface area contributed by atoms with Crippen LogP contribution in [0.25, 0.3) is 0 Å². The van der Waals surface area contributed by atoms with Gasteiger partial charge in [0.1, 0.15) is 0 Å². The highest BCUT2D eigenvalue weighted by Gasteiger charge is 2.34. The van der Waals surface area contributed by atoms with E-state index in [-0.39, 0.29) is 6.10 Å². The Labute approximate surface area is 106 Å². The van der Waals surface area contributed by atoms with Crippen molar-refractivity contribution in [2.24, 2.45) is 5.41 Å². The predicted molar refractivity (Wildman–Crippen MR) is 71.1 cm³/mol. The summed E-state index contributed by atoms with van der Waals surface area (Å²) in [7, 11) is 0. The third-order valence-electron chi connectivity index (χ3n) is 4.71. The highest BCUT2D eigenvalue weighted by molar-refractivity contribution is 4.88. The van der Waals surface area contributed by atoms with Crippen molar-refractivity contribution in [3.63, 3.8) is 0 Å². The van der Waals surface area contributed by atoms with Gasteiger partial charge in [-0.25, -0.2) is 0 Å². The van der Waals surface area contributed by atoms with Crippen molar-refractivity contribution in [3.8, 4) is 0 Å². The van der Waals surface area contributed by atoms with Crippen LogP contribution in [-0.4, -0.2) is 48.8 Å². The molecular formula is C14H28N2O. The smallest absolute Gasteiger partial charge is 0.0791 e. The molecule has 1 unspecified atom stereocenters. The van der Waals surface area contributed by atoms with Gasteiger partial charge in [0.05, 0.1) is 6.10 Å². The predicted octanol–water partition coefficient (Wildman–Crippen LogP) is 1.61. The van der Waals surface area contributed by atoms with Gasteiger partial charge in [0.15, 0.2) is 0 Å². The first-order valence-corrected chi connectivity index (χ1v) is 7.35. The molecule has 1 aliphatic heterocycles. The van der Waals surface area contributed by atoms with Crippen molar-refractivity contribution in [1.82, 2.24) is 10.2 Å². The maximum atomic E-state index is 9.97. The van der Waals surface area contributed by atoms with Crippen LogP contribution < -0.4 is 5.32 Å². The summed E-state index contributed by atoms with van der Waals surface area (Å²) in [4.78, 5) is 2.38. The third kappa shape index (κ3) is 3.67. The highest BCUT2D eigenvalue weighted by atomic mass is 16.3. The van der Waals surface area contributed by atoms with E-state index in [4.69, 9.17) is 0 Å². The topological polar surface area (TPSA) is 35.5 Å². The highest BCUT2D eigenvalue weighted by Crippen LogP contribution is 2.42. The number of nitrogens with zero attached hydrogens (tertiary/aromatic N) is 1. The van der Waals surface area contributed by atoms with Gasteiger partial charge in [-0.15, -0.1) is 0 Å². The lowest BCUT2D eigenvalue weighted by Gasteiger charge is -2.41. The first-order chi connectivity index (χ1) is 8.24. The van der Waals surface area contributed by atoms with E-state index in [2.05, 4.69) is 17.1 Å². The van der Waals surface area contributed by atoms with Crippen LogP contribution in [0.1, 0.15) is 45.4 Å². The number of aliphatic hydroxyl groups is 1. The second kappa shape index (κ2) is 6.17. The average Bonchev–Trinajstić information content (AvgIpc) is 2.75. The van der Waals surface area contributed by atoms with Crippen molar-refractivity contribution in [2.45, 2.75) is 51.6 Å². The Hall–Kier alpha value is -0.120. The lowest BCUT2D eigenvalue weighted by atomic mass is 9.67. The molecule has 2 aliphatic rings. The molecule has 3 nitrogen and oxygen atoms in total. The summed E-state index contributed by atoms with van der Waals surface area (Å²) in [6.45, 7) is 7.36. The SMILES string of the molecule is CCC1(CNCC(O)CN2CCCC2)CCC1. The number of hydrogen-bond donors (Lipinski definition) is 2. The minimum Gasteiger partial charge on any atom is -0.390 e. The van der Waals surface area contributed by atoms with E-state index < -0.39 is 0 Å². The maximum absolute atomic E-state index is 9.97. The van der Waals surface area contributed by atoms with Gasteiger partial charge in [-0.3, -0.25) is 0 Å². The van der Waals surface area contributed by atoms with Crippen molar-refractivity contribution in [1.29, 1.82) is 0 Å². The molecule has 0 spiro atoms. The van der Waals surface area contributed by atoms with Gasteiger partial charge in [-0.1, -0.05) is 13.3 Å². The van der Waals surface area contributed by atoms with Crippen LogP contribution in [0.4, 0.5) is 0 Å². The lowest BCUT2D eigenvalue weighted by molar-refractivity contribution is 0.0963. The van der Waals surface area contributed by atoms with E-state index in [9.17, 15) is 5.11 Å². The van der Waals surface area contributed by atoms with E-state index in [0.717, 1.165) is 19.6 Å². The van der Waals surface area contributed by atoms with Gasteiger partial charge in [0, 0.05) is 19.6 Å². The van der Waals surface area contributed by atoms with Crippen molar-refractivity contribution < 1.29 is 5.11 Å². The molecule has 17 heavy (non-hydrogen) atoms. The molecule has 1 saturated carbocycles. The maximum Gasteiger partial charge on any atom is 0.0791 e. The van der Waals surface area contributed by atoms with Gasteiger partial charge < -0.3 is 15.3 Å². The van der Waals surface area contributed by atoms with Crippen LogP contribution in [0.15, 0.2) is 0 Å². The summed E-state index contributed by atoms with van der Waals surface area (Å²) in [5, 5.41) is 13.4. The van der Waals surface area contributed by atoms with Crippen molar-refractivity contribution >= 4 is 0 Å². The zero-order valence-corrected chi connectivity index (χ0v) is 11.2. The van der Waals surface area contributed by atoms with E-state index >= 15 is 0 Å². The minimum atomic E-state index is -0.193. The molecular weight excluding hydrogens is 212 g/mol. The minimum absolute atomic E-state index is 0.193. The van der Waals surface area contributed by atoms with Gasteiger partial charge in [-0.2, -0.15) is 0 Å². The lowest BCUT2D eigenvalue weighted by Crippen LogP contribution is -2.44. The Morgan fingerprint density at radius 3 is 2.47 bits per heavy atom. The number of hydrogen-bond acceptors (Lipinski definition) is 3. The normalized spacial score (nSPS) is 25.8. The van der Waals surface area contributed by atoms with Crippen LogP contribution in [-0.2, 0) is 0 Å². The Kier molecular flexibility index (Phi) is 4.83. The molecule has 1 aliphatic carbocycles. The largest absolute Gasteiger partial charge is 0.390 e. The molecule has 1 saturated heterocycles. The van der Waals surface area contributed by atoms with Crippen molar-refractivity contribution in [3.05, 3.63) is 0 Å². The Morgan fingerprint density at radius 1 is 1.24 bits per heavy atom. The molecule has 0 aromatic rings. The fraction of sp³-hybridized carbons (Fsp3) is 1.00. The van der Waals surface area contributed by atoms with Crippen LogP contribution in [0.5, 0.6) is 0 Å².